The molecule has 0 bridgehead atoms. The Labute approximate surface area is 138 Å². The Morgan fingerprint density at radius 2 is 1.78 bits per heavy atom. The van der Waals surface area contributed by atoms with Gasteiger partial charge in [-0.2, -0.15) is 0 Å². The Hall–Kier alpha value is -2.41. The van der Waals surface area contributed by atoms with Gasteiger partial charge in [0.1, 0.15) is 0 Å². The van der Waals surface area contributed by atoms with Crippen LogP contribution in [0.15, 0.2) is 72.9 Å². The number of pyridine rings is 1. The van der Waals surface area contributed by atoms with Crippen molar-refractivity contribution in [1.29, 1.82) is 0 Å². The van der Waals surface area contributed by atoms with Gasteiger partial charge in [0.15, 0.2) is 0 Å². The van der Waals surface area contributed by atoms with Crippen molar-refractivity contribution in [1.82, 2.24) is 4.98 Å². The molecular formula is C22H21N. The summed E-state index contributed by atoms with van der Waals surface area (Å²) in [6, 6.07) is 23.9. The van der Waals surface area contributed by atoms with E-state index in [0.29, 0.717) is 0 Å². The van der Waals surface area contributed by atoms with Crippen molar-refractivity contribution in [2.24, 2.45) is 5.92 Å². The van der Waals surface area contributed by atoms with E-state index in [9.17, 15) is 0 Å². The van der Waals surface area contributed by atoms with Crippen LogP contribution in [0.1, 0.15) is 29.0 Å². The lowest BCUT2D eigenvalue weighted by Crippen LogP contribution is -1.96. The second-order valence-corrected chi connectivity index (χ2v) is 6.59. The summed E-state index contributed by atoms with van der Waals surface area (Å²) in [4.78, 5) is 4.56. The van der Waals surface area contributed by atoms with Gasteiger partial charge in [-0.25, -0.2) is 0 Å². The molecule has 0 aliphatic heterocycles. The first-order valence-electron chi connectivity index (χ1n) is 8.37. The lowest BCUT2D eigenvalue weighted by atomic mass is 9.96. The lowest BCUT2D eigenvalue weighted by molar-refractivity contribution is 0.795. The van der Waals surface area contributed by atoms with Gasteiger partial charge >= 0.3 is 0 Å². The highest BCUT2D eigenvalue weighted by Crippen LogP contribution is 2.49. The van der Waals surface area contributed by atoms with E-state index in [0.717, 1.165) is 24.0 Å². The van der Waals surface area contributed by atoms with Crippen LogP contribution in [0, 0.1) is 12.8 Å². The molecule has 0 amide bonds. The summed E-state index contributed by atoms with van der Waals surface area (Å²) in [5, 5.41) is 0. The molecule has 0 radical (unpaired) electrons. The first-order valence-corrected chi connectivity index (χ1v) is 8.37. The lowest BCUT2D eigenvalue weighted by Gasteiger charge is -2.10. The van der Waals surface area contributed by atoms with Gasteiger partial charge in [-0.15, -0.1) is 0 Å². The molecule has 1 aliphatic rings. The summed E-state index contributed by atoms with van der Waals surface area (Å²) in [7, 11) is 0. The molecule has 0 unspecified atom stereocenters. The summed E-state index contributed by atoms with van der Waals surface area (Å²) in [5.41, 5.74) is 6.60. The van der Waals surface area contributed by atoms with Crippen LogP contribution in [0.4, 0.5) is 0 Å². The molecule has 1 heterocycles. The van der Waals surface area contributed by atoms with Crippen LogP contribution in [0.2, 0.25) is 0 Å². The van der Waals surface area contributed by atoms with Crippen molar-refractivity contribution in [3.05, 3.63) is 89.6 Å². The number of nitrogens with zero attached hydrogens (tertiary/aromatic N) is 1. The minimum atomic E-state index is 0.731. The maximum atomic E-state index is 4.56. The number of benzene rings is 2. The zero-order chi connectivity index (χ0) is 15.6. The van der Waals surface area contributed by atoms with Crippen LogP contribution < -0.4 is 0 Å². The Kier molecular flexibility index (Phi) is 3.70. The van der Waals surface area contributed by atoms with Crippen molar-refractivity contribution in [3.8, 4) is 11.3 Å². The van der Waals surface area contributed by atoms with Crippen LogP contribution in [0.3, 0.4) is 0 Å². The minimum absolute atomic E-state index is 0.731. The van der Waals surface area contributed by atoms with Gasteiger partial charge in [0, 0.05) is 11.8 Å². The van der Waals surface area contributed by atoms with E-state index in [-0.39, 0.29) is 0 Å². The van der Waals surface area contributed by atoms with E-state index >= 15 is 0 Å². The van der Waals surface area contributed by atoms with Crippen LogP contribution in [-0.2, 0) is 6.42 Å². The van der Waals surface area contributed by atoms with E-state index in [1.807, 2.05) is 12.3 Å². The quantitative estimate of drug-likeness (QED) is 0.628. The van der Waals surface area contributed by atoms with Gasteiger partial charge in [-0.1, -0.05) is 54.1 Å². The van der Waals surface area contributed by atoms with E-state index in [1.165, 1.54) is 28.7 Å². The average Bonchev–Trinajstić information content (AvgIpc) is 3.37. The van der Waals surface area contributed by atoms with Gasteiger partial charge in [0.05, 0.1) is 5.69 Å². The van der Waals surface area contributed by atoms with Crippen LogP contribution in [-0.4, -0.2) is 4.98 Å². The third-order valence-corrected chi connectivity index (χ3v) is 4.84. The zero-order valence-corrected chi connectivity index (χ0v) is 13.4. The third kappa shape index (κ3) is 3.05. The smallest absolute Gasteiger partial charge is 0.0704 e. The van der Waals surface area contributed by atoms with E-state index in [4.69, 9.17) is 0 Å². The number of rotatable bonds is 4. The third-order valence-electron chi connectivity index (χ3n) is 4.84. The van der Waals surface area contributed by atoms with E-state index in [2.05, 4.69) is 72.6 Å². The molecule has 114 valence electrons. The zero-order valence-electron chi connectivity index (χ0n) is 13.4. The maximum absolute atomic E-state index is 4.56. The first kappa shape index (κ1) is 14.2. The molecule has 2 aromatic carbocycles. The summed E-state index contributed by atoms with van der Waals surface area (Å²) < 4.78 is 0. The molecule has 1 aromatic heterocycles. The fourth-order valence-corrected chi connectivity index (χ4v) is 3.49. The van der Waals surface area contributed by atoms with Gasteiger partial charge in [-0.3, -0.25) is 4.98 Å². The second kappa shape index (κ2) is 6.00. The molecule has 2 atom stereocenters. The Morgan fingerprint density at radius 1 is 0.957 bits per heavy atom. The highest BCUT2D eigenvalue weighted by atomic mass is 14.7. The van der Waals surface area contributed by atoms with E-state index in [1.54, 1.807) is 0 Å². The molecule has 4 rings (SSSR count). The van der Waals surface area contributed by atoms with Crippen molar-refractivity contribution >= 4 is 0 Å². The van der Waals surface area contributed by atoms with Gasteiger partial charge < -0.3 is 0 Å². The molecule has 3 aromatic rings. The SMILES string of the molecule is Cc1ccc(C[C@@H]2C[C@@H]2c2ccccc2)c(-c2ccccn2)c1. The van der Waals surface area contributed by atoms with Gasteiger partial charge in [-0.05, 0) is 60.9 Å². The summed E-state index contributed by atoms with van der Waals surface area (Å²) in [5.74, 6) is 1.50. The maximum Gasteiger partial charge on any atom is 0.0704 e. The molecule has 0 spiro atoms. The molecular weight excluding hydrogens is 278 g/mol. The topological polar surface area (TPSA) is 12.9 Å². The molecule has 23 heavy (non-hydrogen) atoms. The molecule has 0 saturated heterocycles. The van der Waals surface area contributed by atoms with E-state index < -0.39 is 0 Å². The second-order valence-electron chi connectivity index (χ2n) is 6.59. The number of hydrogen-bond acceptors (Lipinski definition) is 1. The first-order chi connectivity index (χ1) is 11.3. The molecule has 1 aliphatic carbocycles. The normalized spacial score (nSPS) is 19.5. The predicted molar refractivity (Wildman–Crippen MR) is 95.4 cm³/mol. The Bertz CT molecular complexity index is 793. The monoisotopic (exact) mass is 299 g/mol. The standard InChI is InChI=1S/C22H21N/c1-16-10-11-18(21(13-16)22-9-5-6-12-23-22)14-19-15-20(19)17-7-3-2-4-8-17/h2-13,19-20H,14-15H2,1H3/t19-,20-/m1/s1. The summed E-state index contributed by atoms with van der Waals surface area (Å²) >= 11 is 0. The van der Waals surface area contributed by atoms with Crippen molar-refractivity contribution < 1.29 is 0 Å². The van der Waals surface area contributed by atoms with Crippen molar-refractivity contribution in [3.63, 3.8) is 0 Å². The minimum Gasteiger partial charge on any atom is -0.256 e. The van der Waals surface area contributed by atoms with Crippen LogP contribution in [0.5, 0.6) is 0 Å². The largest absolute Gasteiger partial charge is 0.256 e. The summed E-state index contributed by atoms with van der Waals surface area (Å²) in [6.07, 6.45) is 4.33. The molecule has 0 N–H and O–H groups in total. The molecule has 1 heteroatoms. The predicted octanol–water partition coefficient (Wildman–Crippen LogP) is 5.40. The Balaban J connectivity index is 1.59. The number of aryl methyl sites for hydroxylation is 1. The fraction of sp³-hybridized carbons (Fsp3) is 0.227. The van der Waals surface area contributed by atoms with Crippen LogP contribution in [0.25, 0.3) is 11.3 Å². The van der Waals surface area contributed by atoms with Gasteiger partial charge in [0.2, 0.25) is 0 Å². The number of hydrogen-bond donors (Lipinski definition) is 0. The highest BCUT2D eigenvalue weighted by Gasteiger charge is 2.38. The summed E-state index contributed by atoms with van der Waals surface area (Å²) in [6.45, 7) is 2.15. The molecule has 1 nitrogen and oxygen atoms in total. The Morgan fingerprint density at radius 3 is 2.57 bits per heavy atom. The van der Waals surface area contributed by atoms with Crippen LogP contribution >= 0.6 is 0 Å². The molecule has 1 fully saturated rings. The van der Waals surface area contributed by atoms with Gasteiger partial charge in [0.25, 0.3) is 0 Å². The average molecular weight is 299 g/mol. The fourth-order valence-electron chi connectivity index (χ4n) is 3.49. The van der Waals surface area contributed by atoms with Crippen molar-refractivity contribution in [2.75, 3.05) is 0 Å². The highest BCUT2D eigenvalue weighted by molar-refractivity contribution is 5.64. The molecule has 1 saturated carbocycles. The van der Waals surface area contributed by atoms with Crippen molar-refractivity contribution in [2.45, 2.75) is 25.7 Å². The number of aromatic nitrogens is 1.